The second-order valence-electron chi connectivity index (χ2n) is 8.98. The Bertz CT molecular complexity index is 1320. The lowest BCUT2D eigenvalue weighted by Crippen LogP contribution is -2.20. The van der Waals surface area contributed by atoms with E-state index in [4.69, 9.17) is 4.74 Å². The first-order chi connectivity index (χ1) is 17.0. The van der Waals surface area contributed by atoms with Crippen LogP contribution in [0.2, 0.25) is 0 Å². The van der Waals surface area contributed by atoms with Crippen LogP contribution in [0.4, 0.5) is 11.4 Å². The molecule has 182 valence electrons. The minimum atomic E-state index is -0.110. The minimum Gasteiger partial charge on any atom is -0.494 e. The number of para-hydroxylation sites is 1. The van der Waals surface area contributed by atoms with Crippen LogP contribution < -0.4 is 15.4 Å². The fourth-order valence-electron chi connectivity index (χ4n) is 4.46. The SMILES string of the molecule is CCCOc1ccc(NC(=O)CC(C)CC(=O)Nc2ccc3c(c2)c2ccccc2n3CC)cc1. The Hall–Kier alpha value is -3.80. The second kappa shape index (κ2) is 11.1. The first-order valence-electron chi connectivity index (χ1n) is 12.3. The van der Waals surface area contributed by atoms with Crippen molar-refractivity contribution in [2.45, 2.75) is 46.6 Å². The van der Waals surface area contributed by atoms with Gasteiger partial charge in [0.25, 0.3) is 0 Å². The van der Waals surface area contributed by atoms with Crippen molar-refractivity contribution in [1.29, 1.82) is 0 Å². The van der Waals surface area contributed by atoms with Gasteiger partial charge in [-0.05, 0) is 67.8 Å². The van der Waals surface area contributed by atoms with Crippen LogP contribution in [0.25, 0.3) is 21.8 Å². The highest BCUT2D eigenvalue weighted by atomic mass is 16.5. The van der Waals surface area contributed by atoms with Crippen LogP contribution in [0.15, 0.2) is 66.7 Å². The third kappa shape index (κ3) is 5.83. The van der Waals surface area contributed by atoms with Crippen molar-refractivity contribution in [3.63, 3.8) is 0 Å². The van der Waals surface area contributed by atoms with Gasteiger partial charge in [-0.2, -0.15) is 0 Å². The van der Waals surface area contributed by atoms with Gasteiger partial charge in [-0.25, -0.2) is 0 Å². The molecular weight excluding hydrogens is 438 g/mol. The van der Waals surface area contributed by atoms with Crippen LogP contribution in [-0.4, -0.2) is 23.0 Å². The molecule has 1 aromatic heterocycles. The maximum atomic E-state index is 12.7. The Morgan fingerprint density at radius 3 is 2.14 bits per heavy atom. The number of aryl methyl sites for hydroxylation is 1. The van der Waals surface area contributed by atoms with E-state index in [-0.39, 0.29) is 30.6 Å². The molecule has 1 unspecified atom stereocenters. The van der Waals surface area contributed by atoms with Crippen LogP contribution in [0.1, 0.15) is 40.0 Å². The van der Waals surface area contributed by atoms with Gasteiger partial charge in [-0.15, -0.1) is 0 Å². The minimum absolute atomic E-state index is 0.0899. The van der Waals surface area contributed by atoms with E-state index in [1.165, 1.54) is 10.9 Å². The molecule has 0 aliphatic carbocycles. The van der Waals surface area contributed by atoms with E-state index >= 15 is 0 Å². The summed E-state index contributed by atoms with van der Waals surface area (Å²) in [5.74, 6) is 0.489. The average molecular weight is 472 g/mol. The number of carbonyl (C=O) groups is 2. The number of nitrogens with zero attached hydrogens (tertiary/aromatic N) is 1. The lowest BCUT2D eigenvalue weighted by atomic mass is 10.0. The zero-order valence-electron chi connectivity index (χ0n) is 20.6. The number of rotatable bonds is 10. The molecule has 2 amide bonds. The number of amides is 2. The normalized spacial score (nSPS) is 12.0. The lowest BCUT2D eigenvalue weighted by molar-refractivity contribution is -0.118. The summed E-state index contributed by atoms with van der Waals surface area (Å²) < 4.78 is 7.85. The van der Waals surface area contributed by atoms with Crippen LogP contribution >= 0.6 is 0 Å². The Labute approximate surface area is 206 Å². The highest BCUT2D eigenvalue weighted by Crippen LogP contribution is 2.31. The summed E-state index contributed by atoms with van der Waals surface area (Å²) in [5.41, 5.74) is 3.83. The number of nitrogens with one attached hydrogen (secondary N) is 2. The molecule has 4 aromatic rings. The predicted molar refractivity (Wildman–Crippen MR) is 143 cm³/mol. The monoisotopic (exact) mass is 471 g/mol. The standard InChI is InChI=1S/C29H33N3O3/c1-4-16-35-23-13-10-21(11-14-23)30-28(33)17-20(3)18-29(34)31-22-12-15-27-25(19-22)24-8-6-7-9-26(24)32(27)5-2/h6-15,19-20H,4-5,16-18H2,1-3H3,(H,30,33)(H,31,34). The fraction of sp³-hybridized carbons (Fsp3) is 0.310. The summed E-state index contributed by atoms with van der Waals surface area (Å²) in [6.45, 7) is 7.66. The van der Waals surface area contributed by atoms with Gasteiger partial charge in [0.15, 0.2) is 0 Å². The molecule has 0 spiro atoms. The zero-order chi connectivity index (χ0) is 24.8. The summed E-state index contributed by atoms with van der Waals surface area (Å²) >= 11 is 0. The number of hydrogen-bond acceptors (Lipinski definition) is 3. The molecule has 1 atom stereocenters. The van der Waals surface area contributed by atoms with Crippen LogP contribution in [-0.2, 0) is 16.1 Å². The van der Waals surface area contributed by atoms with Crippen LogP contribution in [0.3, 0.4) is 0 Å². The largest absolute Gasteiger partial charge is 0.494 e. The van der Waals surface area contributed by atoms with Crippen molar-refractivity contribution in [2.75, 3.05) is 17.2 Å². The maximum absolute atomic E-state index is 12.7. The smallest absolute Gasteiger partial charge is 0.224 e. The summed E-state index contributed by atoms with van der Waals surface area (Å²) in [4.78, 5) is 25.1. The van der Waals surface area contributed by atoms with Crippen LogP contribution in [0.5, 0.6) is 5.75 Å². The molecule has 4 rings (SSSR count). The van der Waals surface area contributed by atoms with Gasteiger partial charge in [-0.1, -0.05) is 32.0 Å². The molecule has 0 saturated carbocycles. The van der Waals surface area contributed by atoms with Gasteiger partial charge in [0.1, 0.15) is 5.75 Å². The molecule has 3 aromatic carbocycles. The van der Waals surface area contributed by atoms with Crippen molar-refractivity contribution in [3.05, 3.63) is 66.7 Å². The van der Waals surface area contributed by atoms with E-state index in [1.54, 1.807) is 0 Å². The summed E-state index contributed by atoms with van der Waals surface area (Å²) in [6.07, 6.45) is 1.48. The van der Waals surface area contributed by atoms with Crippen molar-refractivity contribution >= 4 is 45.0 Å². The molecule has 0 aliphatic heterocycles. The Kier molecular flexibility index (Phi) is 7.70. The zero-order valence-corrected chi connectivity index (χ0v) is 20.6. The first-order valence-corrected chi connectivity index (χ1v) is 12.3. The second-order valence-corrected chi connectivity index (χ2v) is 8.98. The van der Waals surface area contributed by atoms with Crippen molar-refractivity contribution in [1.82, 2.24) is 4.57 Å². The van der Waals surface area contributed by atoms with Crippen molar-refractivity contribution in [3.8, 4) is 5.75 Å². The number of ether oxygens (including phenoxy) is 1. The van der Waals surface area contributed by atoms with Crippen molar-refractivity contribution in [2.24, 2.45) is 5.92 Å². The molecule has 6 heteroatoms. The van der Waals surface area contributed by atoms with E-state index in [1.807, 2.05) is 55.5 Å². The van der Waals surface area contributed by atoms with E-state index < -0.39 is 0 Å². The molecule has 2 N–H and O–H groups in total. The molecule has 1 heterocycles. The van der Waals surface area contributed by atoms with E-state index in [0.717, 1.165) is 41.0 Å². The van der Waals surface area contributed by atoms with Gasteiger partial charge < -0.3 is 19.9 Å². The van der Waals surface area contributed by atoms with E-state index in [2.05, 4.69) is 47.2 Å². The highest BCUT2D eigenvalue weighted by Gasteiger charge is 2.15. The Morgan fingerprint density at radius 2 is 1.46 bits per heavy atom. The first kappa shape index (κ1) is 24.3. The molecule has 35 heavy (non-hydrogen) atoms. The third-order valence-electron chi connectivity index (χ3n) is 6.05. The molecule has 6 nitrogen and oxygen atoms in total. The fourth-order valence-corrected chi connectivity index (χ4v) is 4.46. The van der Waals surface area contributed by atoms with Crippen molar-refractivity contribution < 1.29 is 14.3 Å². The highest BCUT2D eigenvalue weighted by molar-refractivity contribution is 6.09. The van der Waals surface area contributed by atoms with E-state index in [0.29, 0.717) is 6.61 Å². The predicted octanol–water partition coefficient (Wildman–Crippen LogP) is 6.60. The molecular formula is C29H33N3O3. The summed E-state index contributed by atoms with van der Waals surface area (Å²) in [6, 6.07) is 21.7. The molecule has 0 saturated heterocycles. The summed E-state index contributed by atoms with van der Waals surface area (Å²) in [5, 5.41) is 8.20. The molecule has 0 aliphatic rings. The van der Waals surface area contributed by atoms with Gasteiger partial charge in [0.2, 0.25) is 11.8 Å². The average Bonchev–Trinajstić information content (AvgIpc) is 3.16. The number of aromatic nitrogens is 1. The Morgan fingerprint density at radius 1 is 0.829 bits per heavy atom. The lowest BCUT2D eigenvalue weighted by Gasteiger charge is -2.13. The third-order valence-corrected chi connectivity index (χ3v) is 6.05. The number of benzene rings is 3. The molecule has 0 bridgehead atoms. The molecule has 0 fully saturated rings. The van der Waals surface area contributed by atoms with Gasteiger partial charge in [0.05, 0.1) is 6.61 Å². The van der Waals surface area contributed by atoms with Gasteiger partial charge in [0, 0.05) is 52.6 Å². The topological polar surface area (TPSA) is 72.4 Å². The number of hydrogen-bond donors (Lipinski definition) is 2. The van der Waals surface area contributed by atoms with Gasteiger partial charge in [-0.3, -0.25) is 9.59 Å². The quantitative estimate of drug-likeness (QED) is 0.274. The number of fused-ring (bicyclic) bond motifs is 3. The van der Waals surface area contributed by atoms with Crippen LogP contribution in [0, 0.1) is 5.92 Å². The molecule has 0 radical (unpaired) electrons. The Balaban J connectivity index is 1.33. The summed E-state index contributed by atoms with van der Waals surface area (Å²) in [7, 11) is 0. The maximum Gasteiger partial charge on any atom is 0.224 e. The number of anilines is 2. The van der Waals surface area contributed by atoms with E-state index in [9.17, 15) is 9.59 Å². The van der Waals surface area contributed by atoms with Gasteiger partial charge >= 0.3 is 0 Å². The number of carbonyl (C=O) groups excluding carboxylic acids is 2.